The summed E-state index contributed by atoms with van der Waals surface area (Å²) in [6.07, 6.45) is 7.39. The quantitative estimate of drug-likeness (QED) is 0.811. The molecule has 1 fully saturated rings. The summed E-state index contributed by atoms with van der Waals surface area (Å²) >= 11 is 3.35. The number of nitrogen functional groups attached to an aromatic ring is 1. The fourth-order valence-corrected chi connectivity index (χ4v) is 3.27. The SMILES string of the molecule is CCC(NC(=O)c1ccc(Br)c(N)c1)C1CCCCC1. The molecular formula is C16H23BrN2O. The molecule has 0 aliphatic heterocycles. The molecule has 1 amide bonds. The van der Waals surface area contributed by atoms with Crippen molar-refractivity contribution < 1.29 is 4.79 Å². The Hall–Kier alpha value is -1.03. The summed E-state index contributed by atoms with van der Waals surface area (Å²) < 4.78 is 0.827. The van der Waals surface area contributed by atoms with Crippen LogP contribution in [0, 0.1) is 5.92 Å². The van der Waals surface area contributed by atoms with E-state index in [-0.39, 0.29) is 11.9 Å². The molecule has 3 N–H and O–H groups in total. The Labute approximate surface area is 129 Å². The van der Waals surface area contributed by atoms with Gasteiger partial charge < -0.3 is 11.1 Å². The van der Waals surface area contributed by atoms with Crippen molar-refractivity contribution in [2.45, 2.75) is 51.5 Å². The first-order chi connectivity index (χ1) is 9.61. The van der Waals surface area contributed by atoms with Gasteiger partial charge in [-0.2, -0.15) is 0 Å². The Morgan fingerprint density at radius 1 is 1.40 bits per heavy atom. The van der Waals surface area contributed by atoms with Gasteiger partial charge in [-0.3, -0.25) is 4.79 Å². The van der Waals surface area contributed by atoms with Crippen molar-refractivity contribution in [1.82, 2.24) is 5.32 Å². The minimum atomic E-state index is -0.0124. The number of halogens is 1. The number of carbonyl (C=O) groups is 1. The maximum absolute atomic E-state index is 12.3. The van der Waals surface area contributed by atoms with Crippen LogP contribution in [0.15, 0.2) is 22.7 Å². The lowest BCUT2D eigenvalue weighted by Gasteiger charge is -2.30. The molecule has 1 saturated carbocycles. The molecule has 3 nitrogen and oxygen atoms in total. The van der Waals surface area contributed by atoms with E-state index in [0.717, 1.165) is 10.9 Å². The van der Waals surface area contributed by atoms with Crippen molar-refractivity contribution in [3.8, 4) is 0 Å². The van der Waals surface area contributed by atoms with Crippen LogP contribution in [0.4, 0.5) is 5.69 Å². The number of benzene rings is 1. The Morgan fingerprint density at radius 3 is 2.70 bits per heavy atom. The average Bonchev–Trinajstić information content (AvgIpc) is 2.48. The molecule has 4 heteroatoms. The third kappa shape index (κ3) is 3.75. The summed E-state index contributed by atoms with van der Waals surface area (Å²) in [5, 5.41) is 3.19. The lowest BCUT2D eigenvalue weighted by Crippen LogP contribution is -2.40. The lowest BCUT2D eigenvalue weighted by molar-refractivity contribution is 0.0911. The summed E-state index contributed by atoms with van der Waals surface area (Å²) in [5.74, 6) is 0.618. The van der Waals surface area contributed by atoms with E-state index < -0.39 is 0 Å². The van der Waals surface area contributed by atoms with E-state index >= 15 is 0 Å². The topological polar surface area (TPSA) is 55.1 Å². The Bertz CT molecular complexity index is 470. The molecule has 0 bridgehead atoms. The van der Waals surface area contributed by atoms with Gasteiger partial charge >= 0.3 is 0 Å². The highest BCUT2D eigenvalue weighted by Crippen LogP contribution is 2.28. The normalized spacial score (nSPS) is 17.7. The summed E-state index contributed by atoms with van der Waals surface area (Å²) in [6, 6.07) is 5.65. The molecular weight excluding hydrogens is 316 g/mol. The number of anilines is 1. The molecule has 20 heavy (non-hydrogen) atoms. The summed E-state index contributed by atoms with van der Waals surface area (Å²) in [4.78, 5) is 12.3. The van der Waals surface area contributed by atoms with Crippen LogP contribution >= 0.6 is 15.9 Å². The fraction of sp³-hybridized carbons (Fsp3) is 0.562. The van der Waals surface area contributed by atoms with E-state index in [9.17, 15) is 4.79 Å². The molecule has 1 aromatic carbocycles. The van der Waals surface area contributed by atoms with Gasteiger partial charge in [0, 0.05) is 21.8 Å². The number of hydrogen-bond acceptors (Lipinski definition) is 2. The molecule has 1 aromatic rings. The van der Waals surface area contributed by atoms with Crippen LogP contribution in [0.5, 0.6) is 0 Å². The van der Waals surface area contributed by atoms with E-state index in [1.54, 1.807) is 6.07 Å². The van der Waals surface area contributed by atoms with Gasteiger partial charge in [0.2, 0.25) is 0 Å². The van der Waals surface area contributed by atoms with Crippen LogP contribution in [-0.4, -0.2) is 11.9 Å². The number of amides is 1. The lowest BCUT2D eigenvalue weighted by atomic mass is 9.83. The Balaban J connectivity index is 2.02. The van der Waals surface area contributed by atoms with Gasteiger partial charge in [0.1, 0.15) is 0 Å². The van der Waals surface area contributed by atoms with Gasteiger partial charge in [-0.25, -0.2) is 0 Å². The number of nitrogens with one attached hydrogen (secondary N) is 1. The summed E-state index contributed by atoms with van der Waals surface area (Å²) in [7, 11) is 0. The highest BCUT2D eigenvalue weighted by molar-refractivity contribution is 9.10. The molecule has 1 unspecified atom stereocenters. The molecule has 0 radical (unpaired) electrons. The summed E-state index contributed by atoms with van der Waals surface area (Å²) in [6.45, 7) is 2.15. The first-order valence-electron chi connectivity index (χ1n) is 7.47. The first kappa shape index (κ1) is 15.4. The van der Waals surface area contributed by atoms with Crippen molar-refractivity contribution in [2.24, 2.45) is 5.92 Å². The zero-order valence-electron chi connectivity index (χ0n) is 12.0. The largest absolute Gasteiger partial charge is 0.398 e. The average molecular weight is 339 g/mol. The van der Waals surface area contributed by atoms with Crippen LogP contribution < -0.4 is 11.1 Å². The van der Waals surface area contributed by atoms with Gasteiger partial charge in [0.15, 0.2) is 0 Å². The fourth-order valence-electron chi connectivity index (χ4n) is 3.03. The zero-order valence-corrected chi connectivity index (χ0v) is 13.6. The predicted octanol–water partition coefficient (Wildman–Crippen LogP) is 4.12. The Kier molecular flexibility index (Phi) is 5.46. The van der Waals surface area contributed by atoms with Crippen molar-refractivity contribution in [3.05, 3.63) is 28.2 Å². The van der Waals surface area contributed by atoms with Gasteiger partial charge in [0.05, 0.1) is 0 Å². The van der Waals surface area contributed by atoms with Crippen LogP contribution in [0.3, 0.4) is 0 Å². The zero-order chi connectivity index (χ0) is 14.5. The monoisotopic (exact) mass is 338 g/mol. The van der Waals surface area contributed by atoms with E-state index in [4.69, 9.17) is 5.73 Å². The molecule has 1 aliphatic carbocycles. The molecule has 0 saturated heterocycles. The van der Waals surface area contributed by atoms with Crippen molar-refractivity contribution >= 4 is 27.5 Å². The smallest absolute Gasteiger partial charge is 0.251 e. The van der Waals surface area contributed by atoms with Crippen molar-refractivity contribution in [3.63, 3.8) is 0 Å². The molecule has 0 aromatic heterocycles. The molecule has 1 aliphatic rings. The third-order valence-corrected chi connectivity index (χ3v) is 4.96. The first-order valence-corrected chi connectivity index (χ1v) is 8.27. The van der Waals surface area contributed by atoms with Gasteiger partial charge in [-0.05, 0) is 59.3 Å². The number of carbonyl (C=O) groups excluding carboxylic acids is 1. The highest BCUT2D eigenvalue weighted by Gasteiger charge is 2.24. The molecule has 2 rings (SSSR count). The van der Waals surface area contributed by atoms with E-state index in [1.807, 2.05) is 12.1 Å². The maximum atomic E-state index is 12.3. The molecule has 110 valence electrons. The summed E-state index contributed by atoms with van der Waals surface area (Å²) in [5.41, 5.74) is 7.08. The molecule has 1 atom stereocenters. The van der Waals surface area contributed by atoms with E-state index in [0.29, 0.717) is 17.2 Å². The molecule has 0 heterocycles. The van der Waals surface area contributed by atoms with Crippen molar-refractivity contribution in [1.29, 1.82) is 0 Å². The second kappa shape index (κ2) is 7.11. The van der Waals surface area contributed by atoms with E-state index in [2.05, 4.69) is 28.2 Å². The minimum Gasteiger partial charge on any atom is -0.398 e. The Morgan fingerprint density at radius 2 is 2.10 bits per heavy atom. The minimum absolute atomic E-state index is 0.0124. The van der Waals surface area contributed by atoms with Crippen LogP contribution in [0.1, 0.15) is 55.8 Å². The van der Waals surface area contributed by atoms with Gasteiger partial charge in [-0.15, -0.1) is 0 Å². The number of hydrogen-bond donors (Lipinski definition) is 2. The second-order valence-electron chi connectivity index (χ2n) is 5.62. The predicted molar refractivity (Wildman–Crippen MR) is 86.7 cm³/mol. The van der Waals surface area contributed by atoms with Crippen LogP contribution in [0.25, 0.3) is 0 Å². The molecule has 0 spiro atoms. The van der Waals surface area contributed by atoms with Crippen LogP contribution in [0.2, 0.25) is 0 Å². The number of rotatable bonds is 4. The third-order valence-electron chi connectivity index (χ3n) is 4.23. The standard InChI is InChI=1S/C16H23BrN2O/c1-2-15(11-6-4-3-5-7-11)19-16(20)12-8-9-13(17)14(18)10-12/h8-11,15H,2-7,18H2,1H3,(H,19,20). The second-order valence-corrected chi connectivity index (χ2v) is 6.48. The number of nitrogens with two attached hydrogens (primary N) is 1. The highest BCUT2D eigenvalue weighted by atomic mass is 79.9. The van der Waals surface area contributed by atoms with Crippen molar-refractivity contribution in [2.75, 3.05) is 5.73 Å². The van der Waals surface area contributed by atoms with E-state index in [1.165, 1.54) is 32.1 Å². The maximum Gasteiger partial charge on any atom is 0.251 e. The van der Waals surface area contributed by atoms with Gasteiger partial charge in [0.25, 0.3) is 5.91 Å². The van der Waals surface area contributed by atoms with Gasteiger partial charge in [-0.1, -0.05) is 26.2 Å². The van der Waals surface area contributed by atoms with Crippen LogP contribution in [-0.2, 0) is 0 Å².